The molecule has 1 aromatic rings. The van der Waals surface area contributed by atoms with E-state index < -0.39 is 0 Å². The summed E-state index contributed by atoms with van der Waals surface area (Å²) in [5, 5.41) is 15.3. The molecular weight excluding hydrogens is 400 g/mol. The molecule has 0 radical (unpaired) electrons. The highest BCUT2D eigenvalue weighted by Gasteiger charge is 2.18. The number of hydrogen-bond acceptors (Lipinski definition) is 8. The Morgan fingerprint density at radius 1 is 1.10 bits per heavy atom. The third-order valence-corrected chi connectivity index (χ3v) is 4.80. The van der Waals surface area contributed by atoms with Crippen molar-refractivity contribution >= 4 is 28.8 Å². The maximum absolute atomic E-state index is 6.11. The molecule has 0 spiro atoms. The minimum absolute atomic E-state index is 0.442. The summed E-state index contributed by atoms with van der Waals surface area (Å²) in [7, 11) is 2.15. The van der Waals surface area contributed by atoms with Crippen LogP contribution < -0.4 is 21.5 Å². The summed E-state index contributed by atoms with van der Waals surface area (Å²) >= 11 is 5.22. The molecule has 2 rings (SSSR count). The van der Waals surface area contributed by atoms with E-state index in [0.717, 1.165) is 45.0 Å². The van der Waals surface area contributed by atoms with Gasteiger partial charge >= 0.3 is 0 Å². The summed E-state index contributed by atoms with van der Waals surface area (Å²) in [5.41, 5.74) is 6.96. The minimum atomic E-state index is 0.442. The van der Waals surface area contributed by atoms with Crippen LogP contribution in [0.25, 0.3) is 0 Å². The van der Waals surface area contributed by atoms with Gasteiger partial charge in [0.2, 0.25) is 0 Å². The largest absolute Gasteiger partial charge is 0.458 e. The Kier molecular flexibility index (Phi) is 9.78. The van der Waals surface area contributed by atoms with Crippen LogP contribution in [0.1, 0.15) is 32.3 Å². The second-order valence-electron chi connectivity index (χ2n) is 7.09. The van der Waals surface area contributed by atoms with Gasteiger partial charge in [-0.2, -0.15) is 10.2 Å². The van der Waals surface area contributed by atoms with Crippen LogP contribution in [0.2, 0.25) is 0 Å². The molecule has 0 aliphatic carbocycles. The molecule has 0 saturated carbocycles. The van der Waals surface area contributed by atoms with Gasteiger partial charge in [-0.15, -0.1) is 0 Å². The molecule has 1 saturated heterocycles. The standard InChI is InChI=1S/C20H34N8OS/c1-6-21-16(4)24-23-15(3)19(25-26-20(30)22-7-2)18-9-8-17(29-18)14-28-12-10-27(5)11-13-28/h8-9,21,24H,4,6-7,10-14H2,1-3,5H3,(H2,22,26,30)/b23-15+,25-19+. The van der Waals surface area contributed by atoms with Gasteiger partial charge in [-0.05, 0) is 52.2 Å². The van der Waals surface area contributed by atoms with E-state index in [1.165, 1.54) is 0 Å². The highest BCUT2D eigenvalue weighted by molar-refractivity contribution is 7.80. The number of nitrogens with zero attached hydrogens (tertiary/aromatic N) is 4. The Hall–Kier alpha value is -2.43. The maximum Gasteiger partial charge on any atom is 0.186 e. The molecule has 1 aromatic heterocycles. The zero-order valence-electron chi connectivity index (χ0n) is 18.4. The molecule has 0 unspecified atom stereocenters. The third-order valence-electron chi connectivity index (χ3n) is 4.57. The van der Waals surface area contributed by atoms with E-state index in [-0.39, 0.29) is 0 Å². The number of furan rings is 1. The number of likely N-dealkylation sites (N-methyl/N-ethyl adjacent to an activating group) is 1. The molecule has 30 heavy (non-hydrogen) atoms. The summed E-state index contributed by atoms with van der Waals surface area (Å²) in [6, 6.07) is 3.91. The normalized spacial score (nSPS) is 16.3. The van der Waals surface area contributed by atoms with Crippen molar-refractivity contribution in [1.29, 1.82) is 0 Å². The highest BCUT2D eigenvalue weighted by Crippen LogP contribution is 2.14. The molecule has 166 valence electrons. The number of thiocarbonyl (C=S) groups is 1. The lowest BCUT2D eigenvalue weighted by molar-refractivity contribution is 0.140. The van der Waals surface area contributed by atoms with Crippen molar-refractivity contribution in [3.63, 3.8) is 0 Å². The van der Waals surface area contributed by atoms with Gasteiger partial charge in [-0.1, -0.05) is 6.58 Å². The third kappa shape index (κ3) is 7.77. The lowest BCUT2D eigenvalue weighted by Crippen LogP contribution is -2.43. The Morgan fingerprint density at radius 2 is 1.80 bits per heavy atom. The van der Waals surface area contributed by atoms with Crippen LogP contribution in [-0.4, -0.2) is 72.7 Å². The zero-order chi connectivity index (χ0) is 21.9. The molecular formula is C20H34N8OS. The van der Waals surface area contributed by atoms with E-state index in [2.05, 4.69) is 55.1 Å². The SMILES string of the molecule is C=C(NCC)N/N=C(C)/C(=N\NC(=S)NCC)c1ccc(CN2CCN(C)CC2)o1. The number of piperazine rings is 1. The second kappa shape index (κ2) is 12.3. The van der Waals surface area contributed by atoms with Crippen LogP contribution in [0.4, 0.5) is 0 Å². The fourth-order valence-corrected chi connectivity index (χ4v) is 3.08. The first-order valence-electron chi connectivity index (χ1n) is 10.3. The first kappa shape index (κ1) is 23.8. The monoisotopic (exact) mass is 434 g/mol. The molecule has 10 heteroatoms. The molecule has 0 aromatic carbocycles. The topological polar surface area (TPSA) is 92.5 Å². The molecule has 1 aliphatic rings. The van der Waals surface area contributed by atoms with Crippen LogP contribution in [-0.2, 0) is 6.54 Å². The second-order valence-corrected chi connectivity index (χ2v) is 7.50. The van der Waals surface area contributed by atoms with Gasteiger partial charge in [0.1, 0.15) is 17.3 Å². The van der Waals surface area contributed by atoms with E-state index in [0.29, 0.717) is 34.7 Å². The van der Waals surface area contributed by atoms with E-state index in [1.807, 2.05) is 32.9 Å². The first-order valence-corrected chi connectivity index (χ1v) is 10.7. The molecule has 0 atom stereocenters. The first-order chi connectivity index (χ1) is 14.4. The maximum atomic E-state index is 6.11. The molecule has 0 bridgehead atoms. The van der Waals surface area contributed by atoms with Gasteiger partial charge in [0.25, 0.3) is 0 Å². The van der Waals surface area contributed by atoms with Gasteiger partial charge < -0.3 is 20.0 Å². The summed E-state index contributed by atoms with van der Waals surface area (Å²) in [6.07, 6.45) is 0. The van der Waals surface area contributed by atoms with Gasteiger partial charge in [0.15, 0.2) is 10.9 Å². The zero-order valence-corrected chi connectivity index (χ0v) is 19.2. The summed E-state index contributed by atoms with van der Waals surface area (Å²) in [4.78, 5) is 4.72. The Morgan fingerprint density at radius 3 is 2.47 bits per heavy atom. The Balaban J connectivity index is 2.14. The van der Waals surface area contributed by atoms with E-state index in [4.69, 9.17) is 16.6 Å². The minimum Gasteiger partial charge on any atom is -0.458 e. The average molecular weight is 435 g/mol. The Labute approximate surface area is 184 Å². The van der Waals surface area contributed by atoms with Crippen LogP contribution in [0.3, 0.4) is 0 Å². The molecule has 1 fully saturated rings. The van der Waals surface area contributed by atoms with E-state index in [1.54, 1.807) is 0 Å². The predicted octanol–water partition coefficient (Wildman–Crippen LogP) is 1.26. The lowest BCUT2D eigenvalue weighted by Gasteiger charge is -2.31. The molecule has 4 N–H and O–H groups in total. The van der Waals surface area contributed by atoms with Gasteiger partial charge in [-0.25, -0.2) is 0 Å². The number of rotatable bonds is 10. The number of hydrogen-bond donors (Lipinski definition) is 4. The van der Waals surface area contributed by atoms with Crippen molar-refractivity contribution in [2.45, 2.75) is 27.3 Å². The van der Waals surface area contributed by atoms with Crippen molar-refractivity contribution in [2.24, 2.45) is 10.2 Å². The quantitative estimate of drug-likeness (QED) is 0.249. The fourth-order valence-electron chi connectivity index (χ4n) is 2.89. The van der Waals surface area contributed by atoms with Crippen molar-refractivity contribution in [3.05, 3.63) is 36.1 Å². The number of hydrazone groups is 2. The molecule has 2 heterocycles. The summed E-state index contributed by atoms with van der Waals surface area (Å²) in [5.74, 6) is 2.14. The van der Waals surface area contributed by atoms with Gasteiger partial charge in [0.05, 0.1) is 12.3 Å². The van der Waals surface area contributed by atoms with Gasteiger partial charge in [-0.3, -0.25) is 15.8 Å². The average Bonchev–Trinajstić information content (AvgIpc) is 3.17. The van der Waals surface area contributed by atoms with E-state index in [9.17, 15) is 0 Å². The number of nitrogens with one attached hydrogen (secondary N) is 4. The smallest absolute Gasteiger partial charge is 0.186 e. The summed E-state index contributed by atoms with van der Waals surface area (Å²) in [6.45, 7) is 16.1. The van der Waals surface area contributed by atoms with Crippen LogP contribution in [0, 0.1) is 0 Å². The highest BCUT2D eigenvalue weighted by atomic mass is 32.1. The van der Waals surface area contributed by atoms with Crippen molar-refractivity contribution in [1.82, 2.24) is 31.3 Å². The predicted molar refractivity (Wildman–Crippen MR) is 126 cm³/mol. The van der Waals surface area contributed by atoms with Crippen molar-refractivity contribution in [3.8, 4) is 0 Å². The molecule has 1 aliphatic heterocycles. The van der Waals surface area contributed by atoms with Gasteiger partial charge in [0, 0.05) is 39.3 Å². The lowest BCUT2D eigenvalue weighted by atomic mass is 10.2. The van der Waals surface area contributed by atoms with Crippen LogP contribution >= 0.6 is 12.2 Å². The fraction of sp³-hybridized carbons (Fsp3) is 0.550. The van der Waals surface area contributed by atoms with Crippen LogP contribution in [0.15, 0.2) is 39.2 Å². The van der Waals surface area contributed by atoms with Crippen molar-refractivity contribution in [2.75, 3.05) is 46.3 Å². The molecule has 9 nitrogen and oxygen atoms in total. The van der Waals surface area contributed by atoms with Crippen LogP contribution in [0.5, 0.6) is 0 Å². The summed E-state index contributed by atoms with van der Waals surface area (Å²) < 4.78 is 6.11. The molecule has 0 amide bonds. The van der Waals surface area contributed by atoms with Crippen molar-refractivity contribution < 1.29 is 4.42 Å². The van der Waals surface area contributed by atoms with E-state index >= 15 is 0 Å². The Bertz CT molecular complexity index is 765.